The number of likely N-dealkylation sites (tertiary alicyclic amines) is 2. The van der Waals surface area contributed by atoms with Gasteiger partial charge in [0.2, 0.25) is 0 Å². The fourth-order valence-corrected chi connectivity index (χ4v) is 3.92. The number of fused-ring (bicyclic) bond motifs is 1. The van der Waals surface area contributed by atoms with E-state index in [1.54, 1.807) is 18.2 Å². The number of hydrogen-bond donors (Lipinski definition) is 1. The summed E-state index contributed by atoms with van der Waals surface area (Å²) in [5.74, 6) is -0.0941. The zero-order chi connectivity index (χ0) is 16.7. The van der Waals surface area contributed by atoms with Crippen LogP contribution in [0.2, 0.25) is 0 Å². The number of aromatic nitrogens is 2. The van der Waals surface area contributed by atoms with Gasteiger partial charge in [0.1, 0.15) is 0 Å². The first-order valence-corrected chi connectivity index (χ1v) is 8.67. The maximum Gasteiger partial charge on any atom is 0.275 e. The Morgan fingerprint density at radius 2 is 1.96 bits per heavy atom. The molecule has 2 saturated heterocycles. The van der Waals surface area contributed by atoms with E-state index >= 15 is 0 Å². The van der Waals surface area contributed by atoms with Crippen LogP contribution >= 0.6 is 0 Å². The van der Waals surface area contributed by atoms with Crippen LogP contribution in [0.1, 0.15) is 36.7 Å². The molecule has 2 aliphatic heterocycles. The summed E-state index contributed by atoms with van der Waals surface area (Å²) >= 11 is 0. The van der Waals surface area contributed by atoms with E-state index < -0.39 is 0 Å². The molecule has 2 aliphatic rings. The van der Waals surface area contributed by atoms with Crippen molar-refractivity contribution in [3.63, 3.8) is 0 Å². The summed E-state index contributed by atoms with van der Waals surface area (Å²) in [7, 11) is 0. The maximum atomic E-state index is 12.8. The minimum atomic E-state index is -0.259. The molecular formula is C18H22N4O2. The molecule has 1 aromatic carbocycles. The number of aromatic amines is 1. The minimum Gasteiger partial charge on any atom is -0.334 e. The zero-order valence-corrected chi connectivity index (χ0v) is 13.9. The Bertz CT molecular complexity index is 825. The van der Waals surface area contributed by atoms with Gasteiger partial charge in [-0.2, -0.15) is 5.10 Å². The van der Waals surface area contributed by atoms with Gasteiger partial charge in [-0.05, 0) is 32.4 Å². The molecule has 1 amide bonds. The number of benzene rings is 1. The average molecular weight is 326 g/mol. The summed E-state index contributed by atoms with van der Waals surface area (Å²) in [6.07, 6.45) is 3.80. The second kappa shape index (κ2) is 6.02. The standard InChI is InChI=1S/C18H22N4O2/c1-12-6-4-5-9-22(12)13-10-21(11-13)18(24)16-14-7-2-3-8-15(14)17(23)20-19-16/h2-3,7-8,12-13H,4-6,9-11H2,1H3,(H,20,23). The van der Waals surface area contributed by atoms with E-state index in [1.807, 2.05) is 11.0 Å². The van der Waals surface area contributed by atoms with Crippen LogP contribution in [0.3, 0.4) is 0 Å². The number of rotatable bonds is 2. The lowest BCUT2D eigenvalue weighted by Crippen LogP contribution is -2.63. The van der Waals surface area contributed by atoms with Crippen LogP contribution < -0.4 is 5.56 Å². The summed E-state index contributed by atoms with van der Waals surface area (Å²) < 4.78 is 0. The fraction of sp³-hybridized carbons (Fsp3) is 0.500. The molecule has 0 saturated carbocycles. The summed E-state index contributed by atoms with van der Waals surface area (Å²) in [5, 5.41) is 7.60. The second-order valence-corrected chi connectivity index (χ2v) is 6.89. The first-order chi connectivity index (χ1) is 11.6. The van der Waals surface area contributed by atoms with Gasteiger partial charge in [-0.3, -0.25) is 14.5 Å². The third-order valence-corrected chi connectivity index (χ3v) is 5.37. The van der Waals surface area contributed by atoms with Crippen LogP contribution in [-0.4, -0.2) is 57.6 Å². The number of carbonyl (C=O) groups is 1. The third-order valence-electron chi connectivity index (χ3n) is 5.37. The second-order valence-electron chi connectivity index (χ2n) is 6.89. The monoisotopic (exact) mass is 326 g/mol. The number of nitrogens with zero attached hydrogens (tertiary/aromatic N) is 3. The lowest BCUT2D eigenvalue weighted by Gasteiger charge is -2.49. The van der Waals surface area contributed by atoms with Gasteiger partial charge < -0.3 is 4.90 Å². The molecule has 6 nitrogen and oxygen atoms in total. The summed E-state index contributed by atoms with van der Waals surface area (Å²) in [6.45, 7) is 4.91. The van der Waals surface area contributed by atoms with Crippen LogP contribution in [0.4, 0.5) is 0 Å². The molecular weight excluding hydrogens is 304 g/mol. The molecule has 0 radical (unpaired) electrons. The van der Waals surface area contributed by atoms with Crippen molar-refractivity contribution in [1.29, 1.82) is 0 Å². The van der Waals surface area contributed by atoms with Gasteiger partial charge in [0.15, 0.2) is 5.69 Å². The van der Waals surface area contributed by atoms with Crippen LogP contribution in [-0.2, 0) is 0 Å². The molecule has 4 rings (SSSR count). The SMILES string of the molecule is CC1CCCCN1C1CN(C(=O)c2n[nH]c(=O)c3ccccc23)C1. The van der Waals surface area contributed by atoms with Gasteiger partial charge in [-0.15, -0.1) is 0 Å². The molecule has 126 valence electrons. The van der Waals surface area contributed by atoms with E-state index in [0.29, 0.717) is 28.6 Å². The van der Waals surface area contributed by atoms with Crippen molar-refractivity contribution in [2.75, 3.05) is 19.6 Å². The predicted molar refractivity (Wildman–Crippen MR) is 92.1 cm³/mol. The van der Waals surface area contributed by atoms with Crippen LogP contribution in [0.5, 0.6) is 0 Å². The van der Waals surface area contributed by atoms with E-state index in [0.717, 1.165) is 19.6 Å². The Kier molecular flexibility index (Phi) is 3.84. The van der Waals surface area contributed by atoms with Gasteiger partial charge in [-0.1, -0.05) is 24.6 Å². The topological polar surface area (TPSA) is 69.3 Å². The lowest BCUT2D eigenvalue weighted by atomic mass is 9.97. The summed E-state index contributed by atoms with van der Waals surface area (Å²) in [6, 6.07) is 8.19. The van der Waals surface area contributed by atoms with Crippen molar-refractivity contribution in [3.05, 3.63) is 40.3 Å². The summed E-state index contributed by atoms with van der Waals surface area (Å²) in [4.78, 5) is 29.0. The Hall–Kier alpha value is -2.21. The molecule has 0 bridgehead atoms. The number of piperidine rings is 1. The highest BCUT2D eigenvalue weighted by Gasteiger charge is 2.38. The molecule has 1 aromatic heterocycles. The molecule has 24 heavy (non-hydrogen) atoms. The molecule has 1 N–H and O–H groups in total. The quantitative estimate of drug-likeness (QED) is 0.910. The van der Waals surface area contributed by atoms with Crippen molar-refractivity contribution in [1.82, 2.24) is 20.0 Å². The van der Waals surface area contributed by atoms with E-state index in [-0.39, 0.29) is 11.5 Å². The fourth-order valence-electron chi connectivity index (χ4n) is 3.92. The predicted octanol–water partition coefficient (Wildman–Crippen LogP) is 1.62. The molecule has 1 unspecified atom stereocenters. The Morgan fingerprint density at radius 3 is 2.71 bits per heavy atom. The molecule has 2 aromatic rings. The first-order valence-electron chi connectivity index (χ1n) is 8.67. The van der Waals surface area contributed by atoms with Crippen molar-refractivity contribution in [2.24, 2.45) is 0 Å². The van der Waals surface area contributed by atoms with E-state index in [9.17, 15) is 9.59 Å². The van der Waals surface area contributed by atoms with Gasteiger partial charge in [0.25, 0.3) is 11.5 Å². The molecule has 0 spiro atoms. The van der Waals surface area contributed by atoms with Crippen molar-refractivity contribution >= 4 is 16.7 Å². The molecule has 6 heteroatoms. The zero-order valence-electron chi connectivity index (χ0n) is 13.9. The normalized spacial score (nSPS) is 22.5. The molecule has 1 atom stereocenters. The molecule has 2 fully saturated rings. The first kappa shape index (κ1) is 15.3. The number of carbonyl (C=O) groups excluding carboxylic acids is 1. The molecule has 0 aliphatic carbocycles. The smallest absolute Gasteiger partial charge is 0.275 e. The van der Waals surface area contributed by atoms with Crippen LogP contribution in [0, 0.1) is 0 Å². The largest absolute Gasteiger partial charge is 0.334 e. The Labute approximate surface area is 140 Å². The number of amides is 1. The van der Waals surface area contributed by atoms with Gasteiger partial charge in [0, 0.05) is 30.6 Å². The lowest BCUT2D eigenvalue weighted by molar-refractivity contribution is 0.00187. The number of nitrogens with one attached hydrogen (secondary N) is 1. The number of H-pyrrole nitrogens is 1. The van der Waals surface area contributed by atoms with Gasteiger partial charge in [-0.25, -0.2) is 5.10 Å². The highest BCUT2D eigenvalue weighted by atomic mass is 16.2. The highest BCUT2D eigenvalue weighted by molar-refractivity contribution is 6.05. The maximum absolute atomic E-state index is 12.8. The van der Waals surface area contributed by atoms with E-state index in [4.69, 9.17) is 0 Å². The van der Waals surface area contributed by atoms with Crippen molar-refractivity contribution in [2.45, 2.75) is 38.3 Å². The van der Waals surface area contributed by atoms with E-state index in [1.165, 1.54) is 19.3 Å². The Morgan fingerprint density at radius 1 is 1.21 bits per heavy atom. The van der Waals surface area contributed by atoms with Gasteiger partial charge in [0.05, 0.1) is 5.39 Å². The highest BCUT2D eigenvalue weighted by Crippen LogP contribution is 2.26. The Balaban J connectivity index is 1.52. The summed E-state index contributed by atoms with van der Waals surface area (Å²) in [5.41, 5.74) is 0.0844. The van der Waals surface area contributed by atoms with E-state index in [2.05, 4.69) is 22.0 Å². The van der Waals surface area contributed by atoms with Crippen molar-refractivity contribution in [3.8, 4) is 0 Å². The van der Waals surface area contributed by atoms with Crippen LogP contribution in [0.25, 0.3) is 10.8 Å². The third kappa shape index (κ3) is 2.51. The van der Waals surface area contributed by atoms with Gasteiger partial charge >= 0.3 is 0 Å². The van der Waals surface area contributed by atoms with Crippen LogP contribution in [0.15, 0.2) is 29.1 Å². The minimum absolute atomic E-state index is 0.0941. The molecule has 3 heterocycles. The van der Waals surface area contributed by atoms with Crippen molar-refractivity contribution < 1.29 is 4.79 Å². The number of hydrogen-bond acceptors (Lipinski definition) is 4. The average Bonchev–Trinajstić information content (AvgIpc) is 2.56.